The van der Waals surface area contributed by atoms with E-state index < -0.39 is 23.8 Å². The zero-order valence-corrected chi connectivity index (χ0v) is 9.87. The zero-order valence-electron chi connectivity index (χ0n) is 9.87. The lowest BCUT2D eigenvalue weighted by Gasteiger charge is -2.16. The van der Waals surface area contributed by atoms with Crippen LogP contribution in [0.1, 0.15) is 10.4 Å². The Labute approximate surface area is 108 Å². The maximum absolute atomic E-state index is 11.9. The molecule has 0 bridgehead atoms. The predicted molar refractivity (Wildman–Crippen MR) is 63.0 cm³/mol. The van der Waals surface area contributed by atoms with Crippen molar-refractivity contribution in [3.63, 3.8) is 0 Å². The molecule has 7 nitrogen and oxygen atoms in total. The van der Waals surface area contributed by atoms with E-state index in [1.807, 2.05) is 0 Å². The van der Waals surface area contributed by atoms with Crippen molar-refractivity contribution in [2.75, 3.05) is 13.2 Å². The molecule has 2 atom stereocenters. The number of carboxylic acids is 1. The molecule has 1 aromatic carbocycles. The van der Waals surface area contributed by atoms with Crippen LogP contribution in [-0.4, -0.2) is 46.5 Å². The van der Waals surface area contributed by atoms with E-state index in [0.29, 0.717) is 0 Å². The summed E-state index contributed by atoms with van der Waals surface area (Å²) in [5.74, 6) is -3.00. The van der Waals surface area contributed by atoms with Crippen LogP contribution < -0.4 is 5.32 Å². The number of benzene rings is 1. The number of nitrogens with one attached hydrogen (secondary N) is 1. The van der Waals surface area contributed by atoms with Crippen molar-refractivity contribution in [2.24, 2.45) is 5.92 Å². The van der Waals surface area contributed by atoms with Crippen LogP contribution in [0.2, 0.25) is 0 Å². The number of carboxylic acid groups (broad SMARTS) is 1. The molecule has 2 unspecified atom stereocenters. The number of phenols is 2. The summed E-state index contributed by atoms with van der Waals surface area (Å²) in [4.78, 5) is 22.8. The van der Waals surface area contributed by atoms with Crippen LogP contribution in [0.4, 0.5) is 0 Å². The number of ether oxygens (including phenoxy) is 1. The molecule has 19 heavy (non-hydrogen) atoms. The summed E-state index contributed by atoms with van der Waals surface area (Å²) in [6.45, 7) is 0.156. The Balaban J connectivity index is 2.10. The molecule has 1 aliphatic heterocycles. The molecule has 4 N–H and O–H groups in total. The van der Waals surface area contributed by atoms with Gasteiger partial charge in [0.1, 0.15) is 17.4 Å². The molecule has 0 radical (unpaired) electrons. The van der Waals surface area contributed by atoms with Crippen molar-refractivity contribution in [2.45, 2.75) is 6.04 Å². The maximum Gasteiger partial charge on any atom is 0.311 e. The molecule has 0 saturated carbocycles. The molecule has 0 aliphatic carbocycles. The van der Waals surface area contributed by atoms with Gasteiger partial charge < -0.3 is 25.4 Å². The molecule has 1 saturated heterocycles. The fraction of sp³-hybridized carbons (Fsp3) is 0.333. The molecule has 1 aliphatic rings. The number of carbonyl (C=O) groups is 2. The first-order chi connectivity index (χ1) is 8.99. The number of hydrogen-bond donors (Lipinski definition) is 4. The summed E-state index contributed by atoms with van der Waals surface area (Å²) >= 11 is 0. The van der Waals surface area contributed by atoms with Crippen molar-refractivity contribution in [1.29, 1.82) is 0 Å². The van der Waals surface area contributed by atoms with Crippen LogP contribution in [0.5, 0.6) is 11.5 Å². The number of carbonyl (C=O) groups excluding carboxylic acids is 1. The Kier molecular flexibility index (Phi) is 3.57. The van der Waals surface area contributed by atoms with Gasteiger partial charge in [0.25, 0.3) is 5.91 Å². The van der Waals surface area contributed by atoms with Crippen molar-refractivity contribution in [1.82, 2.24) is 5.32 Å². The van der Waals surface area contributed by atoms with Gasteiger partial charge in [0.2, 0.25) is 0 Å². The largest absolute Gasteiger partial charge is 0.508 e. The fourth-order valence-electron chi connectivity index (χ4n) is 1.90. The van der Waals surface area contributed by atoms with Gasteiger partial charge in [-0.05, 0) is 12.1 Å². The van der Waals surface area contributed by atoms with Gasteiger partial charge in [-0.2, -0.15) is 0 Å². The molecule has 2 rings (SSSR count). The Morgan fingerprint density at radius 2 is 2.00 bits per heavy atom. The van der Waals surface area contributed by atoms with Crippen LogP contribution in [0.3, 0.4) is 0 Å². The van der Waals surface area contributed by atoms with E-state index in [-0.39, 0.29) is 30.3 Å². The van der Waals surface area contributed by atoms with Crippen LogP contribution in [0.25, 0.3) is 0 Å². The van der Waals surface area contributed by atoms with Gasteiger partial charge in [-0.3, -0.25) is 9.59 Å². The van der Waals surface area contributed by atoms with Crippen molar-refractivity contribution >= 4 is 11.9 Å². The second-order valence-corrected chi connectivity index (χ2v) is 4.26. The summed E-state index contributed by atoms with van der Waals surface area (Å²) in [7, 11) is 0. The van der Waals surface area contributed by atoms with Gasteiger partial charge in [-0.15, -0.1) is 0 Å². The van der Waals surface area contributed by atoms with Crippen LogP contribution in [-0.2, 0) is 9.53 Å². The zero-order chi connectivity index (χ0) is 14.0. The summed E-state index contributed by atoms with van der Waals surface area (Å²) in [5, 5.41) is 30.1. The normalized spacial score (nSPS) is 22.1. The van der Waals surface area contributed by atoms with E-state index in [9.17, 15) is 14.7 Å². The number of hydrogen-bond acceptors (Lipinski definition) is 5. The molecule has 1 fully saturated rings. The van der Waals surface area contributed by atoms with Crippen molar-refractivity contribution in [3.8, 4) is 11.5 Å². The third kappa shape index (κ3) is 2.76. The van der Waals surface area contributed by atoms with E-state index in [1.165, 1.54) is 12.1 Å². The van der Waals surface area contributed by atoms with Gasteiger partial charge in [-0.1, -0.05) is 0 Å². The Bertz CT molecular complexity index is 515. The molecule has 1 aromatic rings. The predicted octanol–water partition coefficient (Wildman–Crippen LogP) is -0.0728. The van der Waals surface area contributed by atoms with Gasteiger partial charge in [0.05, 0.1) is 24.8 Å². The van der Waals surface area contributed by atoms with Crippen molar-refractivity contribution in [3.05, 3.63) is 23.8 Å². The number of aromatic hydroxyl groups is 2. The van der Waals surface area contributed by atoms with E-state index in [4.69, 9.17) is 14.9 Å². The molecule has 1 heterocycles. The maximum atomic E-state index is 11.9. The Morgan fingerprint density at radius 3 is 2.63 bits per heavy atom. The minimum atomic E-state index is -1.04. The molecule has 1 amide bonds. The van der Waals surface area contributed by atoms with Gasteiger partial charge in [0, 0.05) is 6.07 Å². The minimum Gasteiger partial charge on any atom is -0.508 e. The lowest BCUT2D eigenvalue weighted by molar-refractivity contribution is -0.142. The molecule has 7 heteroatoms. The first-order valence-electron chi connectivity index (χ1n) is 5.62. The first kappa shape index (κ1) is 13.2. The molecular weight excluding hydrogens is 254 g/mol. The molecular formula is C12H13NO6. The summed E-state index contributed by atoms with van der Waals surface area (Å²) in [6.07, 6.45) is 0. The van der Waals surface area contributed by atoms with Gasteiger partial charge in [-0.25, -0.2) is 0 Å². The van der Waals surface area contributed by atoms with Gasteiger partial charge >= 0.3 is 5.97 Å². The first-order valence-corrected chi connectivity index (χ1v) is 5.62. The highest BCUT2D eigenvalue weighted by molar-refractivity contribution is 5.97. The third-order valence-electron chi connectivity index (χ3n) is 2.94. The van der Waals surface area contributed by atoms with Crippen LogP contribution in [0.15, 0.2) is 18.2 Å². The quantitative estimate of drug-likeness (QED) is 0.609. The lowest BCUT2D eigenvalue weighted by atomic mass is 10.0. The standard InChI is InChI=1S/C12H13NO6/c14-6-1-2-7(10(15)3-6)11(16)13-9-5-19-4-8(9)12(17)18/h1-3,8-9,14-15H,4-5H2,(H,13,16)(H,17,18). The minimum absolute atomic E-state index is 0.0335. The second-order valence-electron chi connectivity index (χ2n) is 4.26. The van der Waals surface area contributed by atoms with Crippen LogP contribution >= 0.6 is 0 Å². The SMILES string of the molecule is O=C(NC1COCC1C(=O)O)c1ccc(O)cc1O. The third-order valence-corrected chi connectivity index (χ3v) is 2.94. The van der Waals surface area contributed by atoms with E-state index in [1.54, 1.807) is 0 Å². The van der Waals surface area contributed by atoms with E-state index in [2.05, 4.69) is 5.32 Å². The highest BCUT2D eigenvalue weighted by Gasteiger charge is 2.35. The average Bonchev–Trinajstić information content (AvgIpc) is 2.76. The topological polar surface area (TPSA) is 116 Å². The van der Waals surface area contributed by atoms with Gasteiger partial charge in [0.15, 0.2) is 0 Å². The molecule has 102 valence electrons. The number of rotatable bonds is 3. The van der Waals surface area contributed by atoms with Crippen LogP contribution in [0, 0.1) is 5.92 Å². The second kappa shape index (κ2) is 5.15. The summed E-state index contributed by atoms with van der Waals surface area (Å²) in [6, 6.07) is 2.91. The highest BCUT2D eigenvalue weighted by atomic mass is 16.5. The number of phenolic OH excluding ortho intramolecular Hbond substituents is 2. The number of aliphatic carboxylic acids is 1. The molecule has 0 aromatic heterocycles. The van der Waals surface area contributed by atoms with E-state index >= 15 is 0 Å². The monoisotopic (exact) mass is 267 g/mol. The average molecular weight is 267 g/mol. The van der Waals surface area contributed by atoms with Crippen molar-refractivity contribution < 1.29 is 29.6 Å². The fourth-order valence-corrected chi connectivity index (χ4v) is 1.90. The summed E-state index contributed by atoms with van der Waals surface area (Å²) in [5.41, 5.74) is -0.0335. The smallest absolute Gasteiger partial charge is 0.311 e. The lowest BCUT2D eigenvalue weighted by Crippen LogP contribution is -2.42. The highest BCUT2D eigenvalue weighted by Crippen LogP contribution is 2.23. The van der Waals surface area contributed by atoms with E-state index in [0.717, 1.165) is 6.07 Å². The summed E-state index contributed by atoms with van der Waals surface area (Å²) < 4.78 is 5.02. The Morgan fingerprint density at radius 1 is 1.26 bits per heavy atom. The Hall–Kier alpha value is -2.28. The molecule has 0 spiro atoms. The number of amides is 1.